The Bertz CT molecular complexity index is 1130. The van der Waals surface area contributed by atoms with Gasteiger partial charge in [-0.1, -0.05) is 0 Å². The SMILES string of the molecule is O=Cc1cnn(-c2cc(F)cc(C(=O)c3cccn3-c3cccnc3)c2)c1. The van der Waals surface area contributed by atoms with Crippen LogP contribution in [-0.2, 0) is 0 Å². The fourth-order valence-corrected chi connectivity index (χ4v) is 2.81. The molecule has 0 fully saturated rings. The van der Waals surface area contributed by atoms with Gasteiger partial charge in [0, 0.05) is 24.2 Å². The summed E-state index contributed by atoms with van der Waals surface area (Å²) in [5.74, 6) is -0.911. The van der Waals surface area contributed by atoms with Crippen molar-refractivity contribution in [3.05, 3.63) is 96.1 Å². The summed E-state index contributed by atoms with van der Waals surface area (Å²) in [6.07, 6.45) is 8.51. The summed E-state index contributed by atoms with van der Waals surface area (Å²) in [5.41, 5.74) is 2.00. The second kappa shape index (κ2) is 6.80. The van der Waals surface area contributed by atoms with Crippen LogP contribution >= 0.6 is 0 Å². The molecule has 7 heteroatoms. The average Bonchev–Trinajstić information content (AvgIpc) is 3.37. The van der Waals surface area contributed by atoms with Crippen molar-refractivity contribution in [3.8, 4) is 11.4 Å². The maximum Gasteiger partial charge on any atom is 0.209 e. The molecule has 27 heavy (non-hydrogen) atoms. The van der Waals surface area contributed by atoms with Gasteiger partial charge >= 0.3 is 0 Å². The fraction of sp³-hybridized carbons (Fsp3) is 0. The highest BCUT2D eigenvalue weighted by molar-refractivity contribution is 6.08. The number of hydrogen-bond acceptors (Lipinski definition) is 4. The predicted molar refractivity (Wildman–Crippen MR) is 95.9 cm³/mol. The standard InChI is InChI=1S/C20H13FN4O2/c21-16-7-15(8-18(9-16)25-12-14(13-26)10-23-25)20(27)19-4-2-6-24(19)17-3-1-5-22-11-17/h1-13H. The first-order valence-corrected chi connectivity index (χ1v) is 8.09. The van der Waals surface area contributed by atoms with Crippen molar-refractivity contribution in [2.24, 2.45) is 0 Å². The van der Waals surface area contributed by atoms with Crippen molar-refractivity contribution in [2.45, 2.75) is 0 Å². The Kier molecular flexibility index (Phi) is 4.18. The molecule has 0 unspecified atom stereocenters. The van der Waals surface area contributed by atoms with Gasteiger partial charge in [0.25, 0.3) is 0 Å². The maximum absolute atomic E-state index is 14.1. The van der Waals surface area contributed by atoms with Gasteiger partial charge in [-0.05, 0) is 42.5 Å². The molecular weight excluding hydrogens is 347 g/mol. The maximum atomic E-state index is 14.1. The largest absolute Gasteiger partial charge is 0.312 e. The minimum Gasteiger partial charge on any atom is -0.312 e. The van der Waals surface area contributed by atoms with E-state index in [-0.39, 0.29) is 11.3 Å². The minimum absolute atomic E-state index is 0.178. The van der Waals surface area contributed by atoms with Gasteiger partial charge in [0.1, 0.15) is 5.82 Å². The highest BCUT2D eigenvalue weighted by Gasteiger charge is 2.17. The Morgan fingerprint density at radius 2 is 1.96 bits per heavy atom. The summed E-state index contributed by atoms with van der Waals surface area (Å²) >= 11 is 0. The first kappa shape index (κ1) is 16.6. The lowest BCUT2D eigenvalue weighted by molar-refractivity contribution is 0.103. The van der Waals surface area contributed by atoms with Crippen LogP contribution in [0.5, 0.6) is 0 Å². The highest BCUT2D eigenvalue weighted by Crippen LogP contribution is 2.19. The third-order valence-electron chi connectivity index (χ3n) is 4.05. The lowest BCUT2D eigenvalue weighted by Crippen LogP contribution is -2.10. The van der Waals surface area contributed by atoms with E-state index in [1.165, 1.54) is 35.3 Å². The van der Waals surface area contributed by atoms with Gasteiger partial charge in [-0.25, -0.2) is 9.07 Å². The highest BCUT2D eigenvalue weighted by atomic mass is 19.1. The van der Waals surface area contributed by atoms with Crippen molar-refractivity contribution >= 4 is 12.1 Å². The number of aldehydes is 1. The summed E-state index contributed by atoms with van der Waals surface area (Å²) in [7, 11) is 0. The molecule has 0 bridgehead atoms. The van der Waals surface area contributed by atoms with Crippen molar-refractivity contribution in [1.29, 1.82) is 0 Å². The molecule has 0 saturated carbocycles. The molecule has 0 aliphatic carbocycles. The van der Waals surface area contributed by atoms with E-state index in [9.17, 15) is 14.0 Å². The second-order valence-electron chi connectivity index (χ2n) is 5.84. The van der Waals surface area contributed by atoms with Crippen LogP contribution < -0.4 is 0 Å². The number of nitrogens with zero attached hydrogens (tertiary/aromatic N) is 4. The first-order valence-electron chi connectivity index (χ1n) is 8.09. The Balaban J connectivity index is 1.75. The summed E-state index contributed by atoms with van der Waals surface area (Å²) in [5, 5.41) is 4.02. The number of benzene rings is 1. The van der Waals surface area contributed by atoms with Gasteiger partial charge < -0.3 is 4.57 Å². The molecule has 6 nitrogen and oxygen atoms in total. The first-order chi connectivity index (χ1) is 13.2. The number of carbonyl (C=O) groups is 2. The van der Waals surface area contributed by atoms with Crippen molar-refractivity contribution in [1.82, 2.24) is 19.3 Å². The van der Waals surface area contributed by atoms with Crippen molar-refractivity contribution < 1.29 is 14.0 Å². The molecule has 0 N–H and O–H groups in total. The van der Waals surface area contributed by atoms with E-state index in [0.29, 0.717) is 23.2 Å². The van der Waals surface area contributed by atoms with E-state index in [4.69, 9.17) is 0 Å². The van der Waals surface area contributed by atoms with E-state index in [1.54, 1.807) is 41.4 Å². The number of pyridine rings is 1. The lowest BCUT2D eigenvalue weighted by Gasteiger charge is -2.09. The van der Waals surface area contributed by atoms with Crippen LogP contribution in [0.2, 0.25) is 0 Å². The zero-order valence-corrected chi connectivity index (χ0v) is 14.0. The van der Waals surface area contributed by atoms with E-state index < -0.39 is 5.82 Å². The van der Waals surface area contributed by atoms with E-state index in [2.05, 4.69) is 10.1 Å². The van der Waals surface area contributed by atoms with Crippen molar-refractivity contribution in [3.63, 3.8) is 0 Å². The number of hydrogen-bond donors (Lipinski definition) is 0. The van der Waals surface area contributed by atoms with Gasteiger partial charge in [-0.3, -0.25) is 14.6 Å². The summed E-state index contributed by atoms with van der Waals surface area (Å²) < 4.78 is 17.2. The smallest absolute Gasteiger partial charge is 0.209 e. The van der Waals surface area contributed by atoms with E-state index >= 15 is 0 Å². The molecular formula is C20H13FN4O2. The van der Waals surface area contributed by atoms with Gasteiger partial charge in [0.2, 0.25) is 5.78 Å². The molecule has 3 heterocycles. The quantitative estimate of drug-likeness (QED) is 0.405. The molecule has 0 amide bonds. The molecule has 0 aliphatic rings. The van der Waals surface area contributed by atoms with Crippen LogP contribution in [-0.4, -0.2) is 31.4 Å². The molecule has 1 aromatic carbocycles. The van der Waals surface area contributed by atoms with Gasteiger partial charge in [-0.2, -0.15) is 5.10 Å². The Morgan fingerprint density at radius 1 is 1.07 bits per heavy atom. The number of halogens is 1. The molecule has 0 aliphatic heterocycles. The number of rotatable bonds is 5. The monoisotopic (exact) mass is 360 g/mol. The Labute approximate surface area is 153 Å². The molecule has 0 radical (unpaired) electrons. The molecule has 0 atom stereocenters. The molecule has 3 aromatic heterocycles. The second-order valence-corrected chi connectivity index (χ2v) is 5.84. The number of aromatic nitrogens is 4. The van der Waals surface area contributed by atoms with Crippen molar-refractivity contribution in [2.75, 3.05) is 0 Å². The number of carbonyl (C=O) groups excluding carboxylic acids is 2. The average molecular weight is 360 g/mol. The van der Waals surface area contributed by atoms with Crippen LogP contribution in [0.4, 0.5) is 4.39 Å². The predicted octanol–water partition coefficient (Wildman–Crippen LogP) is 3.24. The molecule has 0 saturated heterocycles. The third-order valence-corrected chi connectivity index (χ3v) is 4.05. The molecule has 0 spiro atoms. The van der Waals surface area contributed by atoms with Crippen LogP contribution in [0, 0.1) is 5.82 Å². The van der Waals surface area contributed by atoms with Crippen LogP contribution in [0.1, 0.15) is 26.4 Å². The van der Waals surface area contributed by atoms with Gasteiger partial charge in [-0.15, -0.1) is 0 Å². The number of ketones is 1. The van der Waals surface area contributed by atoms with Gasteiger partial charge in [0.05, 0.1) is 35.0 Å². The lowest BCUT2D eigenvalue weighted by atomic mass is 10.1. The minimum atomic E-state index is -0.571. The van der Waals surface area contributed by atoms with Crippen LogP contribution in [0.3, 0.4) is 0 Å². The third kappa shape index (κ3) is 3.18. The van der Waals surface area contributed by atoms with Crippen LogP contribution in [0.25, 0.3) is 11.4 Å². The summed E-state index contributed by atoms with van der Waals surface area (Å²) in [6.45, 7) is 0. The van der Waals surface area contributed by atoms with Crippen LogP contribution in [0.15, 0.2) is 73.4 Å². The summed E-state index contributed by atoms with van der Waals surface area (Å²) in [4.78, 5) is 27.9. The zero-order valence-electron chi connectivity index (χ0n) is 14.0. The van der Waals surface area contributed by atoms with Gasteiger partial charge in [0.15, 0.2) is 6.29 Å². The zero-order chi connectivity index (χ0) is 18.8. The Morgan fingerprint density at radius 3 is 2.70 bits per heavy atom. The van der Waals surface area contributed by atoms with E-state index in [1.807, 2.05) is 6.07 Å². The van der Waals surface area contributed by atoms with E-state index in [0.717, 1.165) is 5.69 Å². The Hall–Kier alpha value is -3.87. The summed E-state index contributed by atoms with van der Waals surface area (Å²) in [6, 6.07) is 11.0. The fourth-order valence-electron chi connectivity index (χ4n) is 2.81. The normalized spacial score (nSPS) is 10.7. The molecule has 132 valence electrons. The topological polar surface area (TPSA) is 69.8 Å². The molecule has 4 aromatic rings. The molecule has 4 rings (SSSR count).